The number of primary sulfonamides is 1. The summed E-state index contributed by atoms with van der Waals surface area (Å²) in [5.74, 6) is -0.452. The minimum absolute atomic E-state index is 0.0627. The number of hydrogen-bond acceptors (Lipinski definition) is 5. The van der Waals surface area contributed by atoms with Gasteiger partial charge in [0.1, 0.15) is 0 Å². The number of hydrogen-bond donors (Lipinski definition) is 2. The second-order valence-corrected chi connectivity index (χ2v) is 9.83. The molecule has 0 atom stereocenters. The third-order valence-electron chi connectivity index (χ3n) is 4.09. The van der Waals surface area contributed by atoms with E-state index >= 15 is 0 Å². The molecule has 0 aliphatic heterocycles. The summed E-state index contributed by atoms with van der Waals surface area (Å²) >= 11 is 0. The molecule has 0 spiro atoms. The van der Waals surface area contributed by atoms with E-state index in [1.54, 1.807) is 0 Å². The Kier molecular flexibility index (Phi) is 6.94. The summed E-state index contributed by atoms with van der Waals surface area (Å²) in [4.78, 5) is 12.4. The van der Waals surface area contributed by atoms with Crippen molar-refractivity contribution in [1.29, 1.82) is 0 Å². The van der Waals surface area contributed by atoms with Crippen LogP contribution in [0.2, 0.25) is 0 Å². The molecule has 0 unspecified atom stereocenters. The first-order valence-corrected chi connectivity index (χ1v) is 11.5. The zero-order chi connectivity index (χ0) is 20.9. The summed E-state index contributed by atoms with van der Waals surface area (Å²) in [6.07, 6.45) is 1.65. The van der Waals surface area contributed by atoms with E-state index in [0.717, 1.165) is 12.8 Å². The lowest BCUT2D eigenvalue weighted by atomic mass is 10.2. The topological polar surface area (TPSA) is 127 Å². The summed E-state index contributed by atoms with van der Waals surface area (Å²) in [7, 11) is -5.88. The molecule has 0 heterocycles. The number of sulfonamides is 2. The number of amides is 1. The van der Waals surface area contributed by atoms with Crippen molar-refractivity contribution in [3.05, 3.63) is 54.1 Å². The monoisotopic (exact) mass is 425 g/mol. The highest BCUT2D eigenvalue weighted by Crippen LogP contribution is 2.18. The summed E-state index contributed by atoms with van der Waals surface area (Å²) < 4.78 is 48.8. The minimum Gasteiger partial charge on any atom is -0.322 e. The van der Waals surface area contributed by atoms with Gasteiger partial charge in [-0.15, -0.1) is 0 Å². The van der Waals surface area contributed by atoms with E-state index in [-0.39, 0.29) is 15.4 Å². The molecule has 0 aromatic heterocycles. The van der Waals surface area contributed by atoms with E-state index in [4.69, 9.17) is 5.14 Å². The molecule has 152 valence electrons. The van der Waals surface area contributed by atoms with Gasteiger partial charge in [0.05, 0.1) is 9.79 Å². The molecule has 0 aliphatic carbocycles. The number of rotatable bonds is 8. The fraction of sp³-hybridized carbons (Fsp3) is 0.278. The number of benzene rings is 2. The van der Waals surface area contributed by atoms with Crippen LogP contribution in [0.25, 0.3) is 0 Å². The van der Waals surface area contributed by atoms with Gasteiger partial charge in [-0.05, 0) is 55.0 Å². The van der Waals surface area contributed by atoms with Crippen molar-refractivity contribution in [1.82, 2.24) is 4.31 Å². The highest BCUT2D eigenvalue weighted by Gasteiger charge is 2.20. The van der Waals surface area contributed by atoms with Crippen molar-refractivity contribution in [2.45, 2.75) is 29.6 Å². The fourth-order valence-electron chi connectivity index (χ4n) is 2.39. The molecular weight excluding hydrogens is 402 g/mol. The van der Waals surface area contributed by atoms with Gasteiger partial charge in [0.15, 0.2) is 0 Å². The molecule has 0 aliphatic rings. The number of nitrogens with zero attached hydrogens (tertiary/aromatic N) is 1. The van der Waals surface area contributed by atoms with Crippen molar-refractivity contribution in [2.75, 3.05) is 18.9 Å². The van der Waals surface area contributed by atoms with Gasteiger partial charge < -0.3 is 5.32 Å². The maximum absolute atomic E-state index is 12.5. The summed E-state index contributed by atoms with van der Waals surface area (Å²) in [6.45, 7) is 2.41. The summed E-state index contributed by atoms with van der Waals surface area (Å²) in [6, 6.07) is 11.0. The van der Waals surface area contributed by atoms with Gasteiger partial charge >= 0.3 is 0 Å². The van der Waals surface area contributed by atoms with E-state index in [1.807, 2.05) is 6.92 Å². The van der Waals surface area contributed by atoms with Crippen LogP contribution in [0.15, 0.2) is 58.3 Å². The number of nitrogens with one attached hydrogen (secondary N) is 1. The van der Waals surface area contributed by atoms with Crippen molar-refractivity contribution in [3.63, 3.8) is 0 Å². The Morgan fingerprint density at radius 3 is 2.00 bits per heavy atom. The van der Waals surface area contributed by atoms with Crippen molar-refractivity contribution < 1.29 is 21.6 Å². The average molecular weight is 426 g/mol. The lowest BCUT2D eigenvalue weighted by Crippen LogP contribution is -2.28. The zero-order valence-electron chi connectivity index (χ0n) is 15.6. The third-order valence-corrected chi connectivity index (χ3v) is 6.89. The average Bonchev–Trinajstić information content (AvgIpc) is 2.65. The van der Waals surface area contributed by atoms with Gasteiger partial charge in [0.2, 0.25) is 20.0 Å². The van der Waals surface area contributed by atoms with Crippen LogP contribution in [0.4, 0.5) is 5.69 Å². The van der Waals surface area contributed by atoms with Gasteiger partial charge in [-0.2, -0.15) is 0 Å². The van der Waals surface area contributed by atoms with E-state index < -0.39 is 26.0 Å². The molecule has 2 aromatic carbocycles. The summed E-state index contributed by atoms with van der Waals surface area (Å²) in [5, 5.41) is 7.64. The van der Waals surface area contributed by atoms with Crippen molar-refractivity contribution >= 4 is 31.6 Å². The van der Waals surface area contributed by atoms with Crippen LogP contribution in [-0.2, 0) is 20.0 Å². The largest absolute Gasteiger partial charge is 0.322 e. The highest BCUT2D eigenvalue weighted by molar-refractivity contribution is 7.89. The number of carbonyl (C=O) groups excluding carboxylic acids is 1. The predicted molar refractivity (Wildman–Crippen MR) is 107 cm³/mol. The number of unbranched alkanes of at least 4 members (excludes halogenated alkanes) is 1. The normalized spacial score (nSPS) is 12.1. The Morgan fingerprint density at radius 1 is 0.964 bits per heavy atom. The predicted octanol–water partition coefficient (Wildman–Crippen LogP) is 2.01. The van der Waals surface area contributed by atoms with Crippen molar-refractivity contribution in [3.8, 4) is 0 Å². The quantitative estimate of drug-likeness (QED) is 0.669. The molecule has 2 aromatic rings. The van der Waals surface area contributed by atoms with Crippen LogP contribution < -0.4 is 10.5 Å². The molecule has 0 fully saturated rings. The second kappa shape index (κ2) is 8.82. The van der Waals surface area contributed by atoms with Gasteiger partial charge in [-0.25, -0.2) is 26.3 Å². The maximum atomic E-state index is 12.5. The molecule has 0 bridgehead atoms. The van der Waals surface area contributed by atoms with Gasteiger partial charge in [-0.1, -0.05) is 13.3 Å². The first-order valence-electron chi connectivity index (χ1n) is 8.56. The van der Waals surface area contributed by atoms with Crippen LogP contribution in [0.5, 0.6) is 0 Å². The van der Waals surface area contributed by atoms with E-state index in [2.05, 4.69) is 5.32 Å². The molecule has 1 amide bonds. The first-order chi connectivity index (χ1) is 13.1. The molecular formula is C18H23N3O5S2. The molecule has 28 heavy (non-hydrogen) atoms. The number of carbonyl (C=O) groups is 1. The Hall–Kier alpha value is -2.27. The Labute approximate surface area is 165 Å². The molecule has 0 radical (unpaired) electrons. The molecule has 0 saturated heterocycles. The lowest BCUT2D eigenvalue weighted by molar-refractivity contribution is 0.102. The van der Waals surface area contributed by atoms with E-state index in [0.29, 0.717) is 12.2 Å². The fourth-order valence-corrected chi connectivity index (χ4v) is 4.12. The smallest absolute Gasteiger partial charge is 0.255 e. The summed E-state index contributed by atoms with van der Waals surface area (Å²) in [5.41, 5.74) is 0.652. The Morgan fingerprint density at radius 2 is 1.50 bits per heavy atom. The third kappa shape index (κ3) is 5.38. The van der Waals surface area contributed by atoms with Crippen LogP contribution in [0.3, 0.4) is 0 Å². The second-order valence-electron chi connectivity index (χ2n) is 6.23. The van der Waals surface area contributed by atoms with Gasteiger partial charge in [-0.3, -0.25) is 4.79 Å². The maximum Gasteiger partial charge on any atom is 0.255 e. The van der Waals surface area contributed by atoms with Crippen LogP contribution >= 0.6 is 0 Å². The molecule has 8 nitrogen and oxygen atoms in total. The van der Waals surface area contributed by atoms with Crippen LogP contribution in [0.1, 0.15) is 30.1 Å². The number of anilines is 1. The van der Waals surface area contributed by atoms with Gasteiger partial charge in [0, 0.05) is 24.8 Å². The molecule has 2 rings (SSSR count). The van der Waals surface area contributed by atoms with E-state index in [1.165, 1.54) is 59.9 Å². The Balaban J connectivity index is 2.11. The van der Waals surface area contributed by atoms with E-state index in [9.17, 15) is 21.6 Å². The zero-order valence-corrected chi connectivity index (χ0v) is 17.3. The molecule has 10 heteroatoms. The first kappa shape index (κ1) is 22.0. The van der Waals surface area contributed by atoms with Crippen molar-refractivity contribution in [2.24, 2.45) is 5.14 Å². The minimum atomic E-state index is -3.81. The van der Waals surface area contributed by atoms with Gasteiger partial charge in [0.25, 0.3) is 5.91 Å². The lowest BCUT2D eigenvalue weighted by Gasteiger charge is -2.17. The van der Waals surface area contributed by atoms with Crippen LogP contribution in [0, 0.1) is 0 Å². The Bertz CT molecular complexity index is 1030. The SMILES string of the molecule is CCCCN(C)S(=O)(=O)c1ccc(C(=O)Nc2ccc(S(N)(=O)=O)cc2)cc1. The van der Waals surface area contributed by atoms with Crippen LogP contribution in [-0.4, -0.2) is 40.6 Å². The standard InChI is InChI=1S/C18H23N3O5S2/c1-3-4-13-21(2)28(25,26)17-9-5-14(6-10-17)18(22)20-15-7-11-16(12-8-15)27(19,23)24/h5-12H,3-4,13H2,1-2H3,(H,20,22)(H2,19,23,24). The molecule has 0 saturated carbocycles. The number of nitrogens with two attached hydrogens (primary N) is 1. The highest BCUT2D eigenvalue weighted by atomic mass is 32.2. The molecule has 3 N–H and O–H groups in total.